The van der Waals surface area contributed by atoms with Crippen molar-refractivity contribution in [3.05, 3.63) is 29.6 Å². The van der Waals surface area contributed by atoms with E-state index in [2.05, 4.69) is 0 Å². The van der Waals surface area contributed by atoms with E-state index in [4.69, 9.17) is 10.5 Å². The summed E-state index contributed by atoms with van der Waals surface area (Å²) in [5, 5.41) is 0. The van der Waals surface area contributed by atoms with E-state index < -0.39 is 0 Å². The van der Waals surface area contributed by atoms with Crippen LogP contribution in [0.3, 0.4) is 0 Å². The van der Waals surface area contributed by atoms with Gasteiger partial charge >= 0.3 is 0 Å². The number of hydrogen-bond donors (Lipinski definition) is 1. The van der Waals surface area contributed by atoms with Crippen LogP contribution in [0.1, 0.15) is 43.7 Å². The molecule has 1 aromatic carbocycles. The van der Waals surface area contributed by atoms with E-state index in [1.165, 1.54) is 37.8 Å². The van der Waals surface area contributed by atoms with Gasteiger partial charge in [-0.15, -0.1) is 0 Å². The van der Waals surface area contributed by atoms with Crippen molar-refractivity contribution in [2.75, 3.05) is 0 Å². The largest absolute Gasteiger partial charge is 0.490 e. The molecule has 1 saturated carbocycles. The molecular weight excluding hydrogens is 217 g/mol. The third-order valence-corrected chi connectivity index (χ3v) is 4.07. The molecule has 0 radical (unpaired) electrons. The Morgan fingerprint density at radius 2 is 2.00 bits per heavy atom. The van der Waals surface area contributed by atoms with Crippen LogP contribution >= 0.6 is 0 Å². The van der Waals surface area contributed by atoms with Crippen molar-refractivity contribution in [1.82, 2.24) is 0 Å². The molecule has 92 valence electrons. The first-order valence-corrected chi connectivity index (χ1v) is 6.46. The molecule has 0 aromatic heterocycles. The molecule has 1 heterocycles. The first-order valence-electron chi connectivity index (χ1n) is 6.46. The molecule has 3 heteroatoms. The Kier molecular flexibility index (Phi) is 2.79. The summed E-state index contributed by atoms with van der Waals surface area (Å²) in [5.74, 6) is 1.01. The van der Waals surface area contributed by atoms with Crippen molar-refractivity contribution in [1.29, 1.82) is 0 Å². The zero-order valence-corrected chi connectivity index (χ0v) is 9.86. The summed E-state index contributed by atoms with van der Waals surface area (Å²) in [5.41, 5.74) is 7.10. The van der Waals surface area contributed by atoms with Crippen LogP contribution in [-0.2, 0) is 0 Å². The zero-order valence-electron chi connectivity index (χ0n) is 9.86. The minimum atomic E-state index is -0.247. The zero-order chi connectivity index (χ0) is 11.8. The fourth-order valence-electron chi connectivity index (χ4n) is 3.12. The maximum atomic E-state index is 13.2. The van der Waals surface area contributed by atoms with Gasteiger partial charge in [0.2, 0.25) is 0 Å². The second-order valence-corrected chi connectivity index (χ2v) is 5.23. The molecule has 1 aliphatic carbocycles. The van der Waals surface area contributed by atoms with Crippen LogP contribution in [0, 0.1) is 11.7 Å². The van der Waals surface area contributed by atoms with Crippen LogP contribution < -0.4 is 10.5 Å². The standard InChI is InChI=1S/C14H18FNO/c15-10-5-6-11-12(16)8-13(17-14(11)7-10)9-3-1-2-4-9/h5-7,9,12-13H,1-4,8,16H2/t12-,13?/m1/s1. The lowest BCUT2D eigenvalue weighted by molar-refractivity contribution is 0.101. The van der Waals surface area contributed by atoms with Crippen molar-refractivity contribution in [3.8, 4) is 5.75 Å². The van der Waals surface area contributed by atoms with Crippen molar-refractivity contribution >= 4 is 0 Å². The third kappa shape index (κ3) is 2.04. The molecule has 2 N–H and O–H groups in total. The number of hydrogen-bond acceptors (Lipinski definition) is 2. The summed E-state index contributed by atoms with van der Waals surface area (Å²) in [6, 6.07) is 4.67. The molecule has 2 atom stereocenters. The monoisotopic (exact) mass is 235 g/mol. The predicted octanol–water partition coefficient (Wildman–Crippen LogP) is 3.17. The van der Waals surface area contributed by atoms with E-state index in [1.54, 1.807) is 6.07 Å². The molecule has 0 saturated heterocycles. The summed E-state index contributed by atoms with van der Waals surface area (Å²) in [7, 11) is 0. The first kappa shape index (κ1) is 11.0. The van der Waals surface area contributed by atoms with E-state index >= 15 is 0 Å². The summed E-state index contributed by atoms with van der Waals surface area (Å²) < 4.78 is 19.2. The first-order chi connectivity index (χ1) is 8.24. The van der Waals surface area contributed by atoms with Gasteiger partial charge in [0.15, 0.2) is 0 Å². The quantitative estimate of drug-likeness (QED) is 0.811. The molecule has 0 spiro atoms. The lowest BCUT2D eigenvalue weighted by Gasteiger charge is -2.33. The summed E-state index contributed by atoms with van der Waals surface area (Å²) in [6.07, 6.45) is 6.07. The van der Waals surface area contributed by atoms with Crippen molar-refractivity contribution in [2.45, 2.75) is 44.2 Å². The van der Waals surface area contributed by atoms with Gasteiger partial charge in [-0.05, 0) is 24.8 Å². The van der Waals surface area contributed by atoms with Gasteiger partial charge in [-0.25, -0.2) is 4.39 Å². The fraction of sp³-hybridized carbons (Fsp3) is 0.571. The van der Waals surface area contributed by atoms with Crippen molar-refractivity contribution < 1.29 is 9.13 Å². The van der Waals surface area contributed by atoms with Gasteiger partial charge in [0.05, 0.1) is 0 Å². The highest BCUT2D eigenvalue weighted by Gasteiger charge is 2.33. The Hall–Kier alpha value is -1.09. The number of rotatable bonds is 1. The number of halogens is 1. The fourth-order valence-corrected chi connectivity index (χ4v) is 3.12. The number of nitrogens with two attached hydrogens (primary N) is 1. The van der Waals surface area contributed by atoms with E-state index in [0.717, 1.165) is 12.0 Å². The van der Waals surface area contributed by atoms with Gasteiger partial charge in [-0.1, -0.05) is 18.9 Å². The summed E-state index contributed by atoms with van der Waals surface area (Å²) in [6.45, 7) is 0. The molecule has 3 rings (SSSR count). The van der Waals surface area contributed by atoms with Gasteiger partial charge in [-0.3, -0.25) is 0 Å². The van der Waals surface area contributed by atoms with Gasteiger partial charge in [0.25, 0.3) is 0 Å². The summed E-state index contributed by atoms with van der Waals surface area (Å²) in [4.78, 5) is 0. The van der Waals surface area contributed by atoms with E-state index in [-0.39, 0.29) is 18.0 Å². The number of benzene rings is 1. The van der Waals surface area contributed by atoms with Crippen LogP contribution in [0.4, 0.5) is 4.39 Å². The van der Waals surface area contributed by atoms with Crippen molar-refractivity contribution in [3.63, 3.8) is 0 Å². The average molecular weight is 235 g/mol. The Balaban J connectivity index is 1.85. The number of fused-ring (bicyclic) bond motifs is 1. The second-order valence-electron chi connectivity index (χ2n) is 5.23. The second kappa shape index (κ2) is 4.30. The molecule has 2 nitrogen and oxygen atoms in total. The maximum absolute atomic E-state index is 13.2. The maximum Gasteiger partial charge on any atom is 0.127 e. The lowest BCUT2D eigenvalue weighted by atomic mass is 9.89. The van der Waals surface area contributed by atoms with E-state index in [9.17, 15) is 4.39 Å². The third-order valence-electron chi connectivity index (χ3n) is 4.07. The topological polar surface area (TPSA) is 35.2 Å². The van der Waals surface area contributed by atoms with Crippen LogP contribution in [-0.4, -0.2) is 6.10 Å². The van der Waals surface area contributed by atoms with Crippen LogP contribution in [0.2, 0.25) is 0 Å². The highest BCUT2D eigenvalue weighted by molar-refractivity contribution is 5.38. The van der Waals surface area contributed by atoms with Gasteiger partial charge < -0.3 is 10.5 Å². The van der Waals surface area contributed by atoms with Crippen LogP contribution in [0.5, 0.6) is 5.75 Å². The normalized spacial score (nSPS) is 28.8. The average Bonchev–Trinajstić information content (AvgIpc) is 2.81. The minimum absolute atomic E-state index is 0.00931. The minimum Gasteiger partial charge on any atom is -0.490 e. The van der Waals surface area contributed by atoms with Crippen molar-refractivity contribution in [2.24, 2.45) is 11.7 Å². The molecule has 2 aliphatic rings. The van der Waals surface area contributed by atoms with E-state index in [0.29, 0.717) is 11.7 Å². The molecular formula is C14H18FNO. The molecule has 1 fully saturated rings. The summed E-state index contributed by atoms with van der Waals surface area (Å²) >= 11 is 0. The Bertz CT molecular complexity index is 415. The van der Waals surface area contributed by atoms with Crippen LogP contribution in [0.15, 0.2) is 18.2 Å². The highest BCUT2D eigenvalue weighted by Crippen LogP contribution is 2.40. The number of ether oxygens (including phenoxy) is 1. The lowest BCUT2D eigenvalue weighted by Crippen LogP contribution is -2.34. The SMILES string of the molecule is N[C@@H]1CC(C2CCCC2)Oc2cc(F)ccc21. The predicted molar refractivity (Wildman–Crippen MR) is 64.3 cm³/mol. The van der Waals surface area contributed by atoms with E-state index in [1.807, 2.05) is 0 Å². The highest BCUT2D eigenvalue weighted by atomic mass is 19.1. The van der Waals surface area contributed by atoms with Gasteiger partial charge in [0.1, 0.15) is 17.7 Å². The van der Waals surface area contributed by atoms with Gasteiger partial charge in [0, 0.05) is 24.1 Å². The molecule has 1 unspecified atom stereocenters. The Morgan fingerprint density at radius 1 is 1.24 bits per heavy atom. The Morgan fingerprint density at radius 3 is 2.76 bits per heavy atom. The molecule has 0 bridgehead atoms. The molecule has 0 amide bonds. The smallest absolute Gasteiger partial charge is 0.127 e. The molecule has 1 aliphatic heterocycles. The molecule has 1 aromatic rings. The molecule has 17 heavy (non-hydrogen) atoms. The Labute approximate surface area is 101 Å². The van der Waals surface area contributed by atoms with Gasteiger partial charge in [-0.2, -0.15) is 0 Å². The van der Waals surface area contributed by atoms with Crippen LogP contribution in [0.25, 0.3) is 0 Å².